The zero-order valence-corrected chi connectivity index (χ0v) is 18.0. The van der Waals surface area contributed by atoms with Crippen LogP contribution >= 0.6 is 46.6 Å². The van der Waals surface area contributed by atoms with Gasteiger partial charge >= 0.3 is 0 Å². The molecule has 0 aliphatic heterocycles. The molecule has 0 spiro atoms. The van der Waals surface area contributed by atoms with Crippen molar-refractivity contribution in [2.45, 2.75) is 4.90 Å². The number of benzene rings is 3. The van der Waals surface area contributed by atoms with Crippen LogP contribution in [0.3, 0.4) is 0 Å². The highest BCUT2D eigenvalue weighted by atomic mass is 35.5. The maximum Gasteiger partial charge on any atom is 0.257 e. The summed E-state index contributed by atoms with van der Waals surface area (Å²) in [5, 5.41) is 6.80. The average molecular weight is 466 g/mol. The van der Waals surface area contributed by atoms with Gasteiger partial charge < -0.3 is 10.6 Å². The lowest BCUT2D eigenvalue weighted by atomic mass is 10.2. The molecule has 0 saturated heterocycles. The number of hydrogen-bond donors (Lipinski definition) is 2. The summed E-state index contributed by atoms with van der Waals surface area (Å²) in [5.74, 6) is -0.249. The second kappa shape index (κ2) is 10.0. The number of halogens is 3. The van der Waals surface area contributed by atoms with Gasteiger partial charge in [-0.15, -0.1) is 11.8 Å². The van der Waals surface area contributed by atoms with E-state index in [2.05, 4.69) is 10.6 Å². The Morgan fingerprint density at radius 3 is 2.24 bits per heavy atom. The molecule has 0 unspecified atom stereocenters. The van der Waals surface area contributed by atoms with Gasteiger partial charge in [0.1, 0.15) is 0 Å². The number of hydrogen-bond acceptors (Lipinski definition) is 3. The summed E-state index contributed by atoms with van der Waals surface area (Å²) in [6.45, 7) is 0. The first-order valence-electron chi connectivity index (χ1n) is 8.46. The standard InChI is InChI=1S/C21H15Cl3N2O2S/c22-13-5-10-16(18(24)11-13)21(28)25-14-6-8-15(9-7-14)29-12-20(27)26-19-4-2-1-3-17(19)23/h1-11H,12H2,(H,25,28)(H,26,27). The van der Waals surface area contributed by atoms with Crippen molar-refractivity contribution in [3.05, 3.63) is 87.4 Å². The van der Waals surface area contributed by atoms with Gasteiger partial charge in [-0.05, 0) is 54.6 Å². The number of thioether (sulfide) groups is 1. The molecule has 148 valence electrons. The SMILES string of the molecule is O=C(CSc1ccc(NC(=O)c2ccc(Cl)cc2Cl)cc1)Nc1ccccc1Cl. The third-order valence-electron chi connectivity index (χ3n) is 3.81. The first-order chi connectivity index (χ1) is 13.9. The van der Waals surface area contributed by atoms with Gasteiger partial charge in [0.2, 0.25) is 5.91 Å². The van der Waals surface area contributed by atoms with Gasteiger partial charge in [0, 0.05) is 15.6 Å². The maximum absolute atomic E-state index is 12.3. The zero-order valence-electron chi connectivity index (χ0n) is 14.9. The van der Waals surface area contributed by atoms with Crippen molar-refractivity contribution < 1.29 is 9.59 Å². The smallest absolute Gasteiger partial charge is 0.257 e. The number of nitrogens with one attached hydrogen (secondary N) is 2. The summed E-state index contributed by atoms with van der Waals surface area (Å²) < 4.78 is 0. The summed E-state index contributed by atoms with van der Waals surface area (Å²) in [6.07, 6.45) is 0. The van der Waals surface area contributed by atoms with Gasteiger partial charge in [0.15, 0.2) is 0 Å². The van der Waals surface area contributed by atoms with Gasteiger partial charge in [-0.2, -0.15) is 0 Å². The van der Waals surface area contributed by atoms with E-state index in [4.69, 9.17) is 34.8 Å². The van der Waals surface area contributed by atoms with Crippen LogP contribution in [0.1, 0.15) is 10.4 Å². The van der Waals surface area contributed by atoms with E-state index in [9.17, 15) is 9.59 Å². The highest BCUT2D eigenvalue weighted by Crippen LogP contribution is 2.25. The quantitative estimate of drug-likeness (QED) is 0.402. The predicted octanol–water partition coefficient (Wildman–Crippen LogP) is 6.63. The number of para-hydroxylation sites is 1. The molecule has 0 atom stereocenters. The lowest BCUT2D eigenvalue weighted by molar-refractivity contribution is -0.113. The maximum atomic E-state index is 12.3. The molecule has 8 heteroatoms. The molecule has 2 N–H and O–H groups in total. The molecule has 0 aromatic heterocycles. The Kier molecular flexibility index (Phi) is 7.45. The van der Waals surface area contributed by atoms with Crippen LogP contribution in [-0.4, -0.2) is 17.6 Å². The van der Waals surface area contributed by atoms with Gasteiger partial charge in [-0.25, -0.2) is 0 Å². The van der Waals surface area contributed by atoms with Crippen LogP contribution in [-0.2, 0) is 4.79 Å². The summed E-state index contributed by atoms with van der Waals surface area (Å²) in [5.41, 5.74) is 1.54. The second-order valence-corrected chi connectivity index (χ2v) is 8.22. The normalized spacial score (nSPS) is 10.4. The summed E-state index contributed by atoms with van der Waals surface area (Å²) in [4.78, 5) is 25.3. The van der Waals surface area contributed by atoms with Crippen LogP contribution in [0.15, 0.2) is 71.6 Å². The van der Waals surface area contributed by atoms with Crippen LogP contribution in [0.4, 0.5) is 11.4 Å². The summed E-state index contributed by atoms with van der Waals surface area (Å²) in [6, 6.07) is 18.9. The molecule has 0 radical (unpaired) electrons. The summed E-state index contributed by atoms with van der Waals surface area (Å²) >= 11 is 19.3. The Bertz CT molecular complexity index is 1040. The lowest BCUT2D eigenvalue weighted by Gasteiger charge is -2.09. The Hall–Kier alpha value is -2.18. The molecule has 0 heterocycles. The molecule has 3 aromatic rings. The van der Waals surface area contributed by atoms with E-state index in [1.54, 1.807) is 48.5 Å². The van der Waals surface area contributed by atoms with Gasteiger partial charge in [-0.1, -0.05) is 46.9 Å². The van der Waals surface area contributed by atoms with E-state index in [1.807, 2.05) is 12.1 Å². The Morgan fingerprint density at radius 1 is 0.828 bits per heavy atom. The Morgan fingerprint density at radius 2 is 1.55 bits per heavy atom. The van der Waals surface area contributed by atoms with Gasteiger partial charge in [-0.3, -0.25) is 9.59 Å². The monoisotopic (exact) mass is 464 g/mol. The molecule has 0 fully saturated rings. The lowest BCUT2D eigenvalue weighted by Crippen LogP contribution is -2.14. The van der Waals surface area contributed by atoms with Crippen LogP contribution in [0.5, 0.6) is 0 Å². The molecule has 3 rings (SSSR count). The third kappa shape index (κ3) is 6.15. The Balaban J connectivity index is 1.54. The second-order valence-electron chi connectivity index (χ2n) is 5.92. The van der Waals surface area contributed by atoms with Crippen molar-refractivity contribution in [1.29, 1.82) is 0 Å². The topological polar surface area (TPSA) is 58.2 Å². The van der Waals surface area contributed by atoms with Crippen molar-refractivity contribution in [3.8, 4) is 0 Å². The minimum atomic E-state index is -0.328. The molecule has 0 aliphatic rings. The van der Waals surface area contributed by atoms with Crippen molar-refractivity contribution in [2.24, 2.45) is 0 Å². The minimum Gasteiger partial charge on any atom is -0.324 e. The molecular weight excluding hydrogens is 451 g/mol. The molecule has 4 nitrogen and oxygen atoms in total. The Labute approximate surface area is 187 Å². The van der Waals surface area contributed by atoms with Gasteiger partial charge in [0.05, 0.1) is 27.0 Å². The third-order valence-corrected chi connectivity index (χ3v) is 5.70. The largest absolute Gasteiger partial charge is 0.324 e. The molecule has 0 saturated carbocycles. The number of anilines is 2. The molecule has 0 bridgehead atoms. The first kappa shape index (κ1) is 21.5. The van der Waals surface area contributed by atoms with Crippen molar-refractivity contribution >= 4 is 69.8 Å². The van der Waals surface area contributed by atoms with E-state index in [-0.39, 0.29) is 22.6 Å². The van der Waals surface area contributed by atoms with Crippen molar-refractivity contribution in [1.82, 2.24) is 0 Å². The molecular formula is C21H15Cl3N2O2S. The minimum absolute atomic E-state index is 0.155. The fourth-order valence-corrected chi connectivity index (χ4v) is 3.78. The fraction of sp³-hybridized carbons (Fsp3) is 0.0476. The molecule has 3 aromatic carbocycles. The molecule has 0 aliphatic carbocycles. The highest BCUT2D eigenvalue weighted by molar-refractivity contribution is 8.00. The van der Waals surface area contributed by atoms with Crippen LogP contribution in [0, 0.1) is 0 Å². The van der Waals surface area contributed by atoms with Crippen molar-refractivity contribution in [2.75, 3.05) is 16.4 Å². The first-order valence-corrected chi connectivity index (χ1v) is 10.6. The molecule has 2 amide bonds. The number of amides is 2. The van der Waals surface area contributed by atoms with E-state index < -0.39 is 0 Å². The fourth-order valence-electron chi connectivity index (χ4n) is 2.40. The highest BCUT2D eigenvalue weighted by Gasteiger charge is 2.11. The van der Waals surface area contributed by atoms with Crippen molar-refractivity contribution in [3.63, 3.8) is 0 Å². The number of carbonyl (C=O) groups is 2. The van der Waals surface area contributed by atoms with E-state index in [1.165, 1.54) is 17.8 Å². The average Bonchev–Trinajstić information content (AvgIpc) is 2.69. The number of rotatable bonds is 6. The zero-order chi connectivity index (χ0) is 20.8. The van der Waals surface area contributed by atoms with E-state index in [0.717, 1.165) is 4.90 Å². The van der Waals surface area contributed by atoms with Crippen LogP contribution in [0.25, 0.3) is 0 Å². The van der Waals surface area contributed by atoms with Gasteiger partial charge in [0.25, 0.3) is 5.91 Å². The van der Waals surface area contributed by atoms with E-state index in [0.29, 0.717) is 27.0 Å². The van der Waals surface area contributed by atoms with E-state index >= 15 is 0 Å². The number of carbonyl (C=O) groups excluding carboxylic acids is 2. The predicted molar refractivity (Wildman–Crippen MR) is 122 cm³/mol. The summed E-state index contributed by atoms with van der Waals surface area (Å²) in [7, 11) is 0. The molecule has 29 heavy (non-hydrogen) atoms. The van der Waals surface area contributed by atoms with Crippen LogP contribution < -0.4 is 10.6 Å². The van der Waals surface area contributed by atoms with Crippen LogP contribution in [0.2, 0.25) is 15.1 Å².